The lowest BCUT2D eigenvalue weighted by Gasteiger charge is -2.15. The molecule has 2 unspecified atom stereocenters. The van der Waals surface area contributed by atoms with Crippen LogP contribution >= 0.6 is 0 Å². The molecule has 2 atom stereocenters. The van der Waals surface area contributed by atoms with Crippen molar-refractivity contribution >= 4 is 41.1 Å². The topological polar surface area (TPSA) is 217 Å². The van der Waals surface area contributed by atoms with Crippen LogP contribution < -0.4 is 27.0 Å². The Morgan fingerprint density at radius 1 is 0.840 bits per heavy atom. The Morgan fingerprint density at radius 2 is 1.48 bits per heavy atom. The second kappa shape index (κ2) is 21.5. The van der Waals surface area contributed by atoms with Crippen LogP contribution in [-0.4, -0.2) is 101 Å². The van der Waals surface area contributed by atoms with Crippen molar-refractivity contribution in [2.45, 2.75) is 57.5 Å². The van der Waals surface area contributed by atoms with Crippen LogP contribution in [0.3, 0.4) is 0 Å². The molecule has 0 saturated heterocycles. The summed E-state index contributed by atoms with van der Waals surface area (Å²) >= 11 is 0. The van der Waals surface area contributed by atoms with E-state index >= 15 is 0 Å². The molecule has 0 aliphatic heterocycles. The van der Waals surface area contributed by atoms with Crippen LogP contribution in [0.25, 0.3) is 11.1 Å². The van der Waals surface area contributed by atoms with Gasteiger partial charge < -0.3 is 51.0 Å². The van der Waals surface area contributed by atoms with Crippen molar-refractivity contribution in [2.24, 2.45) is 5.73 Å². The lowest BCUT2D eigenvalue weighted by atomic mass is 9.97. The molecule has 5 amide bonds. The number of hydrogen-bond acceptors (Lipinski definition) is 10. The van der Waals surface area contributed by atoms with Crippen LogP contribution in [0.4, 0.5) is 16.2 Å². The van der Waals surface area contributed by atoms with Gasteiger partial charge in [-0.15, -0.1) is 0 Å². The van der Waals surface area contributed by atoms with E-state index in [9.17, 15) is 24.0 Å². The van der Waals surface area contributed by atoms with Crippen LogP contribution in [0, 0.1) is 0 Å². The molecule has 2 aromatic carbocycles. The quantitative estimate of drug-likeness (QED) is 0.0931. The number of carbonyl (C=O) groups excluding carboxylic acids is 5. The van der Waals surface area contributed by atoms with Crippen molar-refractivity contribution in [1.29, 1.82) is 0 Å². The van der Waals surface area contributed by atoms with Gasteiger partial charge in [0.1, 0.15) is 13.2 Å². The third-order valence-electron chi connectivity index (χ3n) is 7.81. The van der Waals surface area contributed by atoms with Crippen LogP contribution in [0.1, 0.15) is 62.5 Å². The summed E-state index contributed by atoms with van der Waals surface area (Å²) in [6.07, 6.45) is 0.727. The molecule has 0 spiro atoms. The minimum absolute atomic E-state index is 0.0177. The number of nitrogens with two attached hydrogens (primary N) is 1. The number of hydrogen-bond donors (Lipinski definition) is 6. The van der Waals surface area contributed by atoms with E-state index in [0.717, 1.165) is 28.7 Å². The average Bonchev–Trinajstić information content (AvgIpc) is 3.41. The van der Waals surface area contributed by atoms with Gasteiger partial charge in [-0.2, -0.15) is 0 Å². The van der Waals surface area contributed by atoms with Gasteiger partial charge in [0.15, 0.2) is 1.41 Å². The molecule has 3 rings (SSSR count). The normalized spacial score (nSPS) is 13.7. The van der Waals surface area contributed by atoms with Crippen molar-refractivity contribution in [3.8, 4) is 11.1 Å². The monoisotopic (exact) mass is 700 g/mol. The zero-order chi connectivity index (χ0) is 37.0. The Bertz CT molecular complexity index is 1480. The van der Waals surface area contributed by atoms with E-state index in [1.54, 1.807) is 44.0 Å². The fourth-order valence-corrected chi connectivity index (χ4v) is 5.32. The molecule has 0 radical (unpaired) electrons. The van der Waals surface area contributed by atoms with Crippen LogP contribution in [0.2, 0.25) is 1.41 Å². The number of methoxy groups -OCH3 is 1. The van der Waals surface area contributed by atoms with Crippen molar-refractivity contribution in [1.82, 2.24) is 10.6 Å². The maximum absolute atomic E-state index is 12.7. The first-order valence-corrected chi connectivity index (χ1v) is 16.7. The van der Waals surface area contributed by atoms with Crippen molar-refractivity contribution in [3.63, 3.8) is 0 Å². The smallest absolute Gasteiger partial charge is 0.404 e. The van der Waals surface area contributed by atoms with Gasteiger partial charge in [-0.3, -0.25) is 19.2 Å². The molecule has 15 nitrogen and oxygen atoms in total. The fourth-order valence-electron chi connectivity index (χ4n) is 5.32. The minimum atomic E-state index is -0.923. The van der Waals surface area contributed by atoms with Gasteiger partial charge >= 0.3 is 6.09 Å². The molecule has 0 bridgehead atoms. The first-order valence-electron chi connectivity index (χ1n) is 17.2. The minimum Gasteiger partial charge on any atom is -0.449 e. The molecular weight excluding hydrogens is 650 g/mol. The zero-order valence-corrected chi connectivity index (χ0v) is 28.6. The summed E-state index contributed by atoms with van der Waals surface area (Å²) in [6.45, 7) is 3.51. The van der Waals surface area contributed by atoms with E-state index < -0.39 is 12.0 Å². The van der Waals surface area contributed by atoms with Crippen molar-refractivity contribution in [3.05, 3.63) is 47.5 Å². The van der Waals surface area contributed by atoms with E-state index in [-0.39, 0.29) is 75.4 Å². The number of nitrogens with one attached hydrogen (secondary N) is 4. The van der Waals surface area contributed by atoms with E-state index in [1.165, 1.54) is 0 Å². The second-order valence-electron chi connectivity index (χ2n) is 11.7. The highest BCUT2D eigenvalue weighted by Crippen LogP contribution is 2.46. The van der Waals surface area contributed by atoms with Crippen LogP contribution in [-0.2, 0) is 38.1 Å². The molecule has 0 saturated carbocycles. The maximum Gasteiger partial charge on any atom is 0.404 e. The molecule has 0 heterocycles. The number of benzene rings is 2. The van der Waals surface area contributed by atoms with Crippen molar-refractivity contribution < 1.29 is 49.4 Å². The Labute approximate surface area is 293 Å². The second-order valence-corrected chi connectivity index (χ2v) is 11.7. The number of primary amides is 1. The average molecular weight is 701 g/mol. The van der Waals surface area contributed by atoms with E-state index in [1.807, 2.05) is 12.1 Å². The van der Waals surface area contributed by atoms with Gasteiger partial charge in [-0.1, -0.05) is 12.1 Å². The summed E-state index contributed by atoms with van der Waals surface area (Å²) < 4.78 is 28.1. The number of ether oxygens (including phenoxy) is 4. The Morgan fingerprint density at radius 3 is 2.12 bits per heavy atom. The molecule has 274 valence electrons. The number of fused-ring (bicyclic) bond motifs is 3. The molecule has 0 fully saturated rings. The van der Waals surface area contributed by atoms with Gasteiger partial charge in [0.05, 0.1) is 12.7 Å². The van der Waals surface area contributed by atoms with Crippen molar-refractivity contribution in [2.75, 3.05) is 70.5 Å². The Balaban J connectivity index is 1.55. The largest absolute Gasteiger partial charge is 0.449 e. The molecule has 2 aromatic rings. The highest BCUT2D eigenvalue weighted by atomic mass is 16.5. The summed E-state index contributed by atoms with van der Waals surface area (Å²) in [5.41, 5.74) is 6.00. The Hall–Kier alpha value is -4.57. The Kier molecular flexibility index (Phi) is 16.4. The predicted molar refractivity (Wildman–Crippen MR) is 185 cm³/mol. The van der Waals surface area contributed by atoms with Gasteiger partial charge in [0.2, 0.25) is 23.6 Å². The lowest BCUT2D eigenvalue weighted by Crippen LogP contribution is -2.32. The van der Waals surface area contributed by atoms with Gasteiger partial charge in [-0.05, 0) is 72.7 Å². The third kappa shape index (κ3) is 13.7. The van der Waals surface area contributed by atoms with E-state index in [0.29, 0.717) is 50.6 Å². The number of rotatable bonds is 23. The van der Waals surface area contributed by atoms with Crippen LogP contribution in [0.5, 0.6) is 0 Å². The predicted octanol–water partition coefficient (Wildman–Crippen LogP) is 2.40. The zero-order valence-electron chi connectivity index (χ0n) is 29.6. The summed E-state index contributed by atoms with van der Waals surface area (Å²) in [4.78, 5) is 61.3. The molecule has 7 N–H and O–H groups in total. The fraction of sp³-hybridized carbons (Fsp3) is 0.514. The van der Waals surface area contributed by atoms with Gasteiger partial charge in [0, 0.05) is 76.6 Å². The summed E-state index contributed by atoms with van der Waals surface area (Å²) in [5, 5.41) is 20.0. The summed E-state index contributed by atoms with van der Waals surface area (Å²) in [5.74, 6) is -1.57. The summed E-state index contributed by atoms with van der Waals surface area (Å²) in [6, 6.07) is 10.8. The molecular formula is C35H49N5O10. The number of aliphatic hydroxyl groups excluding tert-OH is 1. The summed E-state index contributed by atoms with van der Waals surface area (Å²) in [7, 11) is 1.63. The molecule has 1 aliphatic rings. The SMILES string of the molecule is [2H]NC(=O)OCC1c2cc(NC(=O)CCCC(=O)NCCOCCCOC)ccc2-c2ccc(NC(=O)CCNC(=O)COC(C)CCO)cc21. The number of amides is 5. The van der Waals surface area contributed by atoms with E-state index in [4.69, 9.17) is 25.5 Å². The highest BCUT2D eigenvalue weighted by Gasteiger charge is 2.30. The highest BCUT2D eigenvalue weighted by molar-refractivity contribution is 5.94. The first-order chi connectivity index (χ1) is 24.6. The van der Waals surface area contributed by atoms with Crippen LogP contribution in [0.15, 0.2) is 36.4 Å². The van der Waals surface area contributed by atoms with Gasteiger partial charge in [-0.25, -0.2) is 4.79 Å². The number of anilines is 2. The number of aliphatic hydroxyl groups is 1. The molecule has 1 aliphatic carbocycles. The molecule has 15 heteroatoms. The standard InChI is InChI=1S/C35H49N5O10/c1-23(12-15-41)49-22-34(45)37-13-11-33(44)40-25-8-10-27-26-9-7-24(19-28(26)30(29(27)20-25)21-50-35(36)46)39-32(43)6-3-5-31(42)38-14-18-48-17-4-16-47-2/h7-10,19-20,23,30,41H,3-6,11-18,21-22H2,1-2H3,(H2,36,46)(H,37,45)(H,38,42)(H,39,43)(H,40,44)/i/hD. The lowest BCUT2D eigenvalue weighted by molar-refractivity contribution is -0.128. The van der Waals surface area contributed by atoms with E-state index in [2.05, 4.69) is 21.3 Å². The first kappa shape index (κ1) is 38.2. The third-order valence-corrected chi connectivity index (χ3v) is 7.81. The maximum atomic E-state index is 12.7. The van der Waals surface area contributed by atoms with Gasteiger partial charge in [0.25, 0.3) is 0 Å². The molecule has 50 heavy (non-hydrogen) atoms. The number of carbonyl (C=O) groups is 5. The molecule has 0 aromatic heterocycles.